The van der Waals surface area contributed by atoms with Gasteiger partial charge in [0.25, 0.3) is 0 Å². The van der Waals surface area contributed by atoms with E-state index < -0.39 is 17.4 Å². The molecule has 2 rings (SSSR count). The lowest BCUT2D eigenvalue weighted by Crippen LogP contribution is -2.34. The van der Waals surface area contributed by atoms with Crippen LogP contribution < -0.4 is 5.32 Å². The number of aliphatic hydroxyl groups is 1. The minimum Gasteiger partial charge on any atom is -0.503 e. The second kappa shape index (κ2) is 3.99. The first-order chi connectivity index (χ1) is 7.56. The summed E-state index contributed by atoms with van der Waals surface area (Å²) >= 11 is 0. The lowest BCUT2D eigenvalue weighted by Gasteiger charge is -2.14. The number of hydrogen-bond donors (Lipinski definition) is 3. The van der Waals surface area contributed by atoms with Crippen LogP contribution in [-0.4, -0.2) is 22.4 Å². The molecule has 0 aliphatic heterocycles. The van der Waals surface area contributed by atoms with Crippen molar-refractivity contribution in [2.45, 2.75) is 24.9 Å². The molecule has 16 heavy (non-hydrogen) atoms. The largest absolute Gasteiger partial charge is 0.503 e. The first-order valence-electron chi connectivity index (χ1n) is 5.09. The predicted molar refractivity (Wildman–Crippen MR) is 53.9 cm³/mol. The van der Waals surface area contributed by atoms with E-state index in [4.69, 9.17) is 10.2 Å². The molecule has 3 N–H and O–H groups in total. The molecular formula is C11H13F2NO2. The maximum atomic E-state index is 13.0. The summed E-state index contributed by atoms with van der Waals surface area (Å²) in [5, 5.41) is 21.0. The highest BCUT2D eigenvalue weighted by atomic mass is 19.1. The third-order valence-corrected chi connectivity index (χ3v) is 2.90. The Bertz CT molecular complexity index is 382. The molecule has 1 aromatic carbocycles. The van der Waals surface area contributed by atoms with Gasteiger partial charge in [-0.05, 0) is 30.5 Å². The summed E-state index contributed by atoms with van der Waals surface area (Å²) in [6, 6.07) is 2.16. The Morgan fingerprint density at radius 3 is 2.25 bits per heavy atom. The molecule has 1 aliphatic carbocycles. The molecule has 0 bridgehead atoms. The third-order valence-electron chi connectivity index (χ3n) is 2.90. The first kappa shape index (κ1) is 11.3. The van der Waals surface area contributed by atoms with E-state index in [1.807, 2.05) is 0 Å². The van der Waals surface area contributed by atoms with Crippen molar-refractivity contribution >= 4 is 0 Å². The lowest BCUT2D eigenvalue weighted by molar-refractivity contribution is 0.229. The summed E-state index contributed by atoms with van der Waals surface area (Å²) < 4.78 is 26.0. The standard InChI is InChI=1S/C11H13F2NO2/c12-8-3-7(4-9(13)10(8)16)5-14-11(6-15)1-2-11/h3-4,14-16H,1-2,5-6H2. The molecule has 0 unspecified atom stereocenters. The number of rotatable bonds is 4. The molecule has 88 valence electrons. The van der Waals surface area contributed by atoms with Crippen molar-refractivity contribution in [3.8, 4) is 5.75 Å². The highest BCUT2D eigenvalue weighted by Gasteiger charge is 2.41. The van der Waals surface area contributed by atoms with E-state index in [1.165, 1.54) is 0 Å². The zero-order valence-electron chi connectivity index (χ0n) is 8.63. The van der Waals surface area contributed by atoms with Gasteiger partial charge in [0.1, 0.15) is 0 Å². The van der Waals surface area contributed by atoms with Crippen molar-refractivity contribution in [2.24, 2.45) is 0 Å². The molecule has 5 heteroatoms. The maximum absolute atomic E-state index is 13.0. The molecule has 0 aromatic heterocycles. The van der Waals surface area contributed by atoms with Crippen LogP contribution >= 0.6 is 0 Å². The summed E-state index contributed by atoms with van der Waals surface area (Å²) in [5.41, 5.74) is 0.137. The summed E-state index contributed by atoms with van der Waals surface area (Å²) in [6.45, 7) is 0.296. The maximum Gasteiger partial charge on any atom is 0.187 e. The summed E-state index contributed by atoms with van der Waals surface area (Å²) in [4.78, 5) is 0. The van der Waals surface area contributed by atoms with Crippen LogP contribution in [0.5, 0.6) is 5.75 Å². The van der Waals surface area contributed by atoms with Crippen LogP contribution in [0, 0.1) is 11.6 Å². The average molecular weight is 229 g/mol. The fraction of sp³-hybridized carbons (Fsp3) is 0.455. The predicted octanol–water partition coefficient (Wildman–Crippen LogP) is 1.28. The van der Waals surface area contributed by atoms with E-state index in [0.717, 1.165) is 25.0 Å². The molecule has 3 nitrogen and oxygen atoms in total. The Kier molecular flexibility index (Phi) is 2.82. The minimum absolute atomic E-state index is 0.0239. The SMILES string of the molecule is OCC1(NCc2cc(F)c(O)c(F)c2)CC1. The number of aromatic hydroxyl groups is 1. The van der Waals surface area contributed by atoms with Crippen LogP contribution in [0.25, 0.3) is 0 Å². The van der Waals surface area contributed by atoms with Crippen molar-refractivity contribution in [1.29, 1.82) is 0 Å². The normalized spacial score (nSPS) is 17.4. The number of aliphatic hydroxyl groups excluding tert-OH is 1. The van der Waals surface area contributed by atoms with Crippen molar-refractivity contribution in [1.82, 2.24) is 5.32 Å². The molecule has 0 amide bonds. The van der Waals surface area contributed by atoms with Gasteiger partial charge in [0.05, 0.1) is 6.61 Å². The van der Waals surface area contributed by atoms with Gasteiger partial charge in [0.2, 0.25) is 0 Å². The number of halogens is 2. The van der Waals surface area contributed by atoms with E-state index in [-0.39, 0.29) is 18.7 Å². The molecule has 0 heterocycles. The zero-order chi connectivity index (χ0) is 11.8. The molecular weight excluding hydrogens is 216 g/mol. The van der Waals surface area contributed by atoms with Crippen molar-refractivity contribution in [2.75, 3.05) is 6.61 Å². The summed E-state index contributed by atoms with van der Waals surface area (Å²) in [6.07, 6.45) is 1.74. The topological polar surface area (TPSA) is 52.5 Å². The van der Waals surface area contributed by atoms with E-state index in [0.29, 0.717) is 5.56 Å². The molecule has 0 atom stereocenters. The molecule has 0 radical (unpaired) electrons. The summed E-state index contributed by atoms with van der Waals surface area (Å²) in [5.74, 6) is -2.89. The third kappa shape index (κ3) is 2.15. The highest BCUT2D eigenvalue weighted by molar-refractivity contribution is 5.30. The van der Waals surface area contributed by atoms with Crippen molar-refractivity contribution < 1.29 is 19.0 Å². The number of nitrogens with one attached hydrogen (secondary N) is 1. The molecule has 0 saturated heterocycles. The van der Waals surface area contributed by atoms with Crippen LogP contribution in [-0.2, 0) is 6.54 Å². The van der Waals surface area contributed by atoms with Gasteiger partial charge in [0, 0.05) is 12.1 Å². The highest BCUT2D eigenvalue weighted by Crippen LogP contribution is 2.35. The van der Waals surface area contributed by atoms with Crippen LogP contribution in [0.3, 0.4) is 0 Å². The quantitative estimate of drug-likeness (QED) is 0.729. The van der Waals surface area contributed by atoms with Gasteiger partial charge in [-0.3, -0.25) is 0 Å². The van der Waals surface area contributed by atoms with Gasteiger partial charge in [-0.2, -0.15) is 0 Å². The average Bonchev–Trinajstić information content (AvgIpc) is 3.03. The molecule has 1 fully saturated rings. The second-order valence-corrected chi connectivity index (χ2v) is 4.20. The first-order valence-corrected chi connectivity index (χ1v) is 5.09. The van der Waals surface area contributed by atoms with E-state index in [2.05, 4.69) is 5.32 Å². The Morgan fingerprint density at radius 1 is 1.25 bits per heavy atom. The zero-order valence-corrected chi connectivity index (χ0v) is 8.63. The Labute approximate surface area is 91.7 Å². The van der Waals surface area contributed by atoms with Crippen LogP contribution in [0.4, 0.5) is 8.78 Å². The van der Waals surface area contributed by atoms with E-state index in [1.54, 1.807) is 0 Å². The van der Waals surface area contributed by atoms with E-state index in [9.17, 15) is 8.78 Å². The number of phenols is 1. The molecule has 1 saturated carbocycles. The Hall–Kier alpha value is -1.20. The molecule has 0 spiro atoms. The van der Waals surface area contributed by atoms with Gasteiger partial charge in [0.15, 0.2) is 17.4 Å². The van der Waals surface area contributed by atoms with Gasteiger partial charge >= 0.3 is 0 Å². The second-order valence-electron chi connectivity index (χ2n) is 4.20. The van der Waals surface area contributed by atoms with Gasteiger partial charge in [-0.25, -0.2) is 8.78 Å². The fourth-order valence-corrected chi connectivity index (χ4v) is 1.55. The van der Waals surface area contributed by atoms with Crippen molar-refractivity contribution in [3.05, 3.63) is 29.3 Å². The molecule has 1 aromatic rings. The smallest absolute Gasteiger partial charge is 0.187 e. The number of hydrogen-bond acceptors (Lipinski definition) is 3. The van der Waals surface area contributed by atoms with Crippen LogP contribution in [0.15, 0.2) is 12.1 Å². The Morgan fingerprint density at radius 2 is 1.81 bits per heavy atom. The van der Waals surface area contributed by atoms with Gasteiger partial charge in [-0.15, -0.1) is 0 Å². The fourth-order valence-electron chi connectivity index (χ4n) is 1.55. The van der Waals surface area contributed by atoms with Crippen LogP contribution in [0.1, 0.15) is 18.4 Å². The number of benzene rings is 1. The van der Waals surface area contributed by atoms with Crippen LogP contribution in [0.2, 0.25) is 0 Å². The summed E-state index contributed by atoms with van der Waals surface area (Å²) in [7, 11) is 0. The Balaban J connectivity index is 2.05. The number of phenolic OH excluding ortho intramolecular Hbond substituents is 1. The minimum atomic E-state index is -0.967. The van der Waals surface area contributed by atoms with Gasteiger partial charge < -0.3 is 15.5 Å². The monoisotopic (exact) mass is 229 g/mol. The van der Waals surface area contributed by atoms with Gasteiger partial charge in [-0.1, -0.05) is 0 Å². The van der Waals surface area contributed by atoms with Crippen molar-refractivity contribution in [3.63, 3.8) is 0 Å². The molecule has 1 aliphatic rings. The van der Waals surface area contributed by atoms with E-state index >= 15 is 0 Å². The lowest BCUT2D eigenvalue weighted by atomic mass is 10.2.